The number of nitrogens with one attached hydrogen (secondary N) is 1. The van der Waals surface area contributed by atoms with Gasteiger partial charge in [-0.1, -0.05) is 77.7 Å². The van der Waals surface area contributed by atoms with Gasteiger partial charge >= 0.3 is 0 Å². The first-order chi connectivity index (χ1) is 14.7. The van der Waals surface area contributed by atoms with Gasteiger partial charge in [-0.05, 0) is 82.9 Å². The van der Waals surface area contributed by atoms with Crippen LogP contribution in [0.15, 0.2) is 18.2 Å². The number of benzene rings is 2. The second-order valence-corrected chi connectivity index (χ2v) is 11.7. The minimum Gasteiger partial charge on any atom is -0.300 e. The van der Waals surface area contributed by atoms with Crippen LogP contribution >= 0.6 is 0 Å². The van der Waals surface area contributed by atoms with Crippen LogP contribution in [0, 0.1) is 31.6 Å². The molecule has 0 aromatic heterocycles. The molecule has 2 aliphatic rings. The summed E-state index contributed by atoms with van der Waals surface area (Å²) in [7, 11) is 7.08. The molecule has 0 bridgehead atoms. The molecule has 4 rings (SSSR count). The van der Waals surface area contributed by atoms with Gasteiger partial charge in [-0.15, -0.1) is 0 Å². The van der Waals surface area contributed by atoms with Crippen LogP contribution in [0.5, 0.6) is 0 Å². The molecule has 2 radical (unpaired) electrons. The number of hydrogen-bond acceptors (Lipinski definition) is 1. The fraction of sp³-hybridized carbons (Fsp3) is 0.500. The zero-order valence-electron chi connectivity index (χ0n) is 21.7. The summed E-state index contributed by atoms with van der Waals surface area (Å²) in [4.78, 5) is 0. The van der Waals surface area contributed by atoms with E-state index in [1.807, 2.05) is 0 Å². The average molecular weight is 423 g/mol. The van der Waals surface area contributed by atoms with Crippen molar-refractivity contribution in [1.29, 1.82) is 5.41 Å². The molecule has 0 amide bonds. The Morgan fingerprint density at radius 1 is 0.938 bits per heavy atom. The van der Waals surface area contributed by atoms with Crippen molar-refractivity contribution >= 4 is 25.1 Å². The highest BCUT2D eigenvalue weighted by atomic mass is 14.6. The topological polar surface area (TPSA) is 23.9 Å². The summed E-state index contributed by atoms with van der Waals surface area (Å²) < 4.78 is 0. The fourth-order valence-corrected chi connectivity index (χ4v) is 6.69. The summed E-state index contributed by atoms with van der Waals surface area (Å²) in [6.45, 7) is 23.0. The van der Waals surface area contributed by atoms with Gasteiger partial charge in [0.2, 0.25) is 0 Å². The van der Waals surface area contributed by atoms with E-state index in [1.165, 1.54) is 33.4 Å². The highest BCUT2D eigenvalue weighted by molar-refractivity contribution is 6.40. The van der Waals surface area contributed by atoms with Crippen molar-refractivity contribution in [2.75, 3.05) is 0 Å². The summed E-state index contributed by atoms with van der Waals surface area (Å²) in [6, 6.07) is 4.44. The van der Waals surface area contributed by atoms with E-state index in [2.05, 4.69) is 93.5 Å². The van der Waals surface area contributed by atoms with E-state index < -0.39 is 0 Å². The normalized spacial score (nSPS) is 23.1. The Morgan fingerprint density at radius 3 is 2.12 bits per heavy atom. The van der Waals surface area contributed by atoms with E-state index in [4.69, 9.17) is 7.85 Å². The summed E-state index contributed by atoms with van der Waals surface area (Å²) >= 11 is 0. The molecule has 32 heavy (non-hydrogen) atoms. The molecule has 0 aliphatic heterocycles. The molecular formula is C30H38BN. The monoisotopic (exact) mass is 423 g/mol. The van der Waals surface area contributed by atoms with Gasteiger partial charge < -0.3 is 0 Å². The lowest BCUT2D eigenvalue weighted by molar-refractivity contribution is 0.125. The van der Waals surface area contributed by atoms with Crippen LogP contribution in [0.25, 0.3) is 6.08 Å². The third kappa shape index (κ3) is 2.68. The van der Waals surface area contributed by atoms with Gasteiger partial charge in [-0.3, -0.25) is 5.41 Å². The van der Waals surface area contributed by atoms with Crippen LogP contribution in [0.3, 0.4) is 0 Å². The molecule has 0 heterocycles. The molecule has 1 nitrogen and oxygen atoms in total. The molecule has 1 atom stereocenters. The van der Waals surface area contributed by atoms with Crippen LogP contribution in [0.2, 0.25) is 0 Å². The second-order valence-electron chi connectivity index (χ2n) is 11.7. The molecule has 0 saturated carbocycles. The zero-order valence-corrected chi connectivity index (χ0v) is 21.7. The molecule has 1 N–H and O–H groups in total. The Labute approximate surface area is 196 Å². The third-order valence-electron chi connectivity index (χ3n) is 9.57. The van der Waals surface area contributed by atoms with Gasteiger partial charge in [0.15, 0.2) is 0 Å². The minimum absolute atomic E-state index is 0.0211. The summed E-state index contributed by atoms with van der Waals surface area (Å²) in [6.07, 6.45) is 5.63. The molecule has 1 unspecified atom stereocenters. The highest BCUT2D eigenvalue weighted by Crippen LogP contribution is 2.62. The molecule has 0 saturated heterocycles. The van der Waals surface area contributed by atoms with Crippen molar-refractivity contribution in [2.24, 2.45) is 5.41 Å². The van der Waals surface area contributed by atoms with Crippen molar-refractivity contribution in [3.05, 3.63) is 68.3 Å². The van der Waals surface area contributed by atoms with Crippen LogP contribution in [0.1, 0.15) is 111 Å². The lowest BCUT2D eigenvalue weighted by atomic mass is 9.58. The van der Waals surface area contributed by atoms with Gasteiger partial charge in [0, 0.05) is 17.0 Å². The van der Waals surface area contributed by atoms with Crippen molar-refractivity contribution in [1.82, 2.24) is 0 Å². The number of aryl methyl sites for hydroxylation is 2. The first-order valence-electron chi connectivity index (χ1n) is 12.1. The maximum Gasteiger partial charge on any atom is 0.115 e. The molecule has 0 spiro atoms. The maximum atomic E-state index is 9.46. The van der Waals surface area contributed by atoms with E-state index in [0.29, 0.717) is 11.6 Å². The van der Waals surface area contributed by atoms with E-state index in [-0.39, 0.29) is 16.2 Å². The lowest BCUT2D eigenvalue weighted by Crippen LogP contribution is -2.43. The van der Waals surface area contributed by atoms with Crippen LogP contribution in [-0.2, 0) is 10.8 Å². The second kappa shape index (κ2) is 6.96. The Morgan fingerprint density at radius 2 is 1.53 bits per heavy atom. The van der Waals surface area contributed by atoms with Crippen molar-refractivity contribution in [2.45, 2.75) is 92.4 Å². The van der Waals surface area contributed by atoms with E-state index in [0.717, 1.165) is 28.6 Å². The number of hydrogen-bond donors (Lipinski definition) is 1. The third-order valence-corrected chi connectivity index (χ3v) is 9.57. The number of rotatable bonds is 1. The Hall–Kier alpha value is -2.09. The smallest absolute Gasteiger partial charge is 0.115 e. The Balaban J connectivity index is 2.17. The fourth-order valence-electron chi connectivity index (χ4n) is 6.69. The molecule has 2 aliphatic carbocycles. The van der Waals surface area contributed by atoms with Crippen molar-refractivity contribution in [3.63, 3.8) is 0 Å². The zero-order chi connectivity index (χ0) is 24.0. The minimum atomic E-state index is -0.0978. The molecule has 2 heteroatoms. The summed E-state index contributed by atoms with van der Waals surface area (Å²) in [5.74, 6) is 0.300. The van der Waals surface area contributed by atoms with Gasteiger partial charge in [0.25, 0.3) is 0 Å². The van der Waals surface area contributed by atoms with Crippen LogP contribution < -0.4 is 5.46 Å². The highest BCUT2D eigenvalue weighted by Gasteiger charge is 2.58. The van der Waals surface area contributed by atoms with E-state index in [1.54, 1.807) is 0 Å². The summed E-state index contributed by atoms with van der Waals surface area (Å²) in [5, 5.41) is 9.46. The molecule has 0 fully saturated rings. The lowest BCUT2D eigenvalue weighted by Gasteiger charge is -2.45. The van der Waals surface area contributed by atoms with Gasteiger partial charge in [0.1, 0.15) is 7.85 Å². The number of fused-ring (bicyclic) bond motifs is 3. The van der Waals surface area contributed by atoms with Crippen molar-refractivity contribution in [3.8, 4) is 0 Å². The number of allylic oxidation sites excluding steroid dienone is 1. The predicted molar refractivity (Wildman–Crippen MR) is 140 cm³/mol. The largest absolute Gasteiger partial charge is 0.300 e. The maximum absolute atomic E-state index is 9.46. The van der Waals surface area contributed by atoms with E-state index >= 15 is 0 Å². The quantitative estimate of drug-likeness (QED) is 0.481. The van der Waals surface area contributed by atoms with Crippen molar-refractivity contribution < 1.29 is 0 Å². The van der Waals surface area contributed by atoms with Crippen LogP contribution in [-0.4, -0.2) is 13.6 Å². The van der Waals surface area contributed by atoms with Crippen LogP contribution in [0.4, 0.5) is 0 Å². The average Bonchev–Trinajstić information content (AvgIpc) is 2.79. The molecule has 2 aromatic rings. The Bertz CT molecular complexity index is 1190. The van der Waals surface area contributed by atoms with Gasteiger partial charge in [-0.2, -0.15) is 0 Å². The van der Waals surface area contributed by atoms with Gasteiger partial charge in [0.05, 0.1) is 5.71 Å². The van der Waals surface area contributed by atoms with E-state index in [9.17, 15) is 5.41 Å². The first-order valence-corrected chi connectivity index (χ1v) is 12.1. The van der Waals surface area contributed by atoms with Gasteiger partial charge in [-0.25, -0.2) is 0 Å². The predicted octanol–water partition coefficient (Wildman–Crippen LogP) is 6.94. The Kier molecular flexibility index (Phi) is 5.02. The standard InChI is InChI=1S/C30H38BN/c1-11-19-12-13-20-18(4)24-25(29(7,8)30(9,10)28(24,5)6)26(31)23(20)27(32)21-15-16(2)14-17(3)22(19)21/h12-15,19,32H,11H2,1-10H3/b13-12-,32-27?. The first kappa shape index (κ1) is 23.1. The SMILES string of the molecule is [B]c1c2c(c(C)c3c1C(C)(C)C(C)(C)C3(C)C)/C=C\C(CC)c1c(C)cc(C)cc1C2=N. The molecule has 166 valence electrons. The molecular weight excluding hydrogens is 385 g/mol. The molecule has 2 aromatic carbocycles. The summed E-state index contributed by atoms with van der Waals surface area (Å²) in [5.41, 5.74) is 12.1.